The van der Waals surface area contributed by atoms with Crippen LogP contribution in [-0.4, -0.2) is 43.1 Å². The monoisotopic (exact) mass is 477 g/mol. The second kappa shape index (κ2) is 10.3. The van der Waals surface area contributed by atoms with Gasteiger partial charge < -0.3 is 10.1 Å². The van der Waals surface area contributed by atoms with E-state index in [9.17, 15) is 23.3 Å². The summed E-state index contributed by atoms with van der Waals surface area (Å²) < 4.78 is 32.1. The summed E-state index contributed by atoms with van der Waals surface area (Å²) >= 11 is 1.21. The minimum Gasteiger partial charge on any atom is -0.496 e. The van der Waals surface area contributed by atoms with Crippen LogP contribution in [0.5, 0.6) is 5.75 Å². The average molecular weight is 478 g/mol. The molecule has 0 saturated heterocycles. The summed E-state index contributed by atoms with van der Waals surface area (Å²) in [5, 5.41) is 22.2. The molecule has 11 nitrogen and oxygen atoms in total. The fraction of sp³-hybridized carbons (Fsp3) is 0.211. The van der Waals surface area contributed by atoms with Crippen LogP contribution in [0.4, 0.5) is 10.8 Å². The van der Waals surface area contributed by atoms with Gasteiger partial charge in [-0.05, 0) is 18.2 Å². The van der Waals surface area contributed by atoms with Crippen LogP contribution in [0.2, 0.25) is 0 Å². The molecule has 32 heavy (non-hydrogen) atoms. The molecule has 2 aromatic carbocycles. The number of carbonyl (C=O) groups is 1. The van der Waals surface area contributed by atoms with E-state index in [1.807, 2.05) is 24.3 Å². The van der Waals surface area contributed by atoms with Gasteiger partial charge in [-0.15, -0.1) is 10.2 Å². The number of carbonyl (C=O) groups excluding carboxylic acids is 1. The van der Waals surface area contributed by atoms with Gasteiger partial charge >= 0.3 is 0 Å². The molecular weight excluding hydrogens is 458 g/mol. The van der Waals surface area contributed by atoms with E-state index >= 15 is 0 Å². The van der Waals surface area contributed by atoms with Crippen LogP contribution in [0.25, 0.3) is 0 Å². The number of nitro groups is 1. The number of anilines is 1. The van der Waals surface area contributed by atoms with Crippen LogP contribution in [-0.2, 0) is 21.2 Å². The minimum atomic E-state index is -3.90. The third-order valence-electron chi connectivity index (χ3n) is 4.25. The van der Waals surface area contributed by atoms with Crippen LogP contribution in [0.1, 0.15) is 17.0 Å². The van der Waals surface area contributed by atoms with Gasteiger partial charge in [0, 0.05) is 37.1 Å². The number of benzene rings is 2. The molecule has 0 saturated carbocycles. The van der Waals surface area contributed by atoms with Crippen LogP contribution in [0.15, 0.2) is 53.4 Å². The number of ether oxygens (including phenoxy) is 1. The number of amides is 1. The SMILES string of the molecule is COc1ccccc1Cc1nnc(NC(=O)CCNS(=O)(=O)c2ccc([N+](=O)[O-])cc2)s1. The maximum Gasteiger partial charge on any atom is 0.269 e. The molecule has 1 heterocycles. The van der Waals surface area contributed by atoms with Gasteiger partial charge in [0.25, 0.3) is 5.69 Å². The molecule has 0 aliphatic heterocycles. The lowest BCUT2D eigenvalue weighted by atomic mass is 10.1. The van der Waals surface area contributed by atoms with Gasteiger partial charge in [-0.1, -0.05) is 29.5 Å². The summed E-state index contributed by atoms with van der Waals surface area (Å²) in [5.74, 6) is 0.296. The fourth-order valence-electron chi connectivity index (χ4n) is 2.70. The number of nitrogens with zero attached hydrogens (tertiary/aromatic N) is 3. The molecular formula is C19H19N5O6S2. The summed E-state index contributed by atoms with van der Waals surface area (Å²) in [6.45, 7) is -0.155. The quantitative estimate of drug-likeness (QED) is 0.333. The maximum absolute atomic E-state index is 12.2. The fourth-order valence-corrected chi connectivity index (χ4v) is 4.51. The first-order valence-electron chi connectivity index (χ1n) is 9.27. The molecule has 0 spiro atoms. The third-order valence-corrected chi connectivity index (χ3v) is 6.56. The molecule has 0 aliphatic carbocycles. The Morgan fingerprint density at radius 3 is 2.56 bits per heavy atom. The van der Waals surface area contributed by atoms with Crippen molar-refractivity contribution >= 4 is 38.1 Å². The van der Waals surface area contributed by atoms with Gasteiger partial charge in [0.15, 0.2) is 0 Å². The van der Waals surface area contributed by atoms with Crippen molar-refractivity contribution in [1.29, 1.82) is 0 Å². The van der Waals surface area contributed by atoms with Gasteiger partial charge in [-0.2, -0.15) is 0 Å². The number of methoxy groups -OCH3 is 1. The van der Waals surface area contributed by atoms with E-state index in [4.69, 9.17) is 4.74 Å². The van der Waals surface area contributed by atoms with Crippen molar-refractivity contribution in [2.75, 3.05) is 19.0 Å². The number of nitrogens with one attached hydrogen (secondary N) is 2. The highest BCUT2D eigenvalue weighted by Gasteiger charge is 2.17. The molecule has 0 fully saturated rings. The average Bonchev–Trinajstić information content (AvgIpc) is 3.20. The number of rotatable bonds is 10. The van der Waals surface area contributed by atoms with Gasteiger partial charge in [0.2, 0.25) is 21.1 Å². The summed E-state index contributed by atoms with van der Waals surface area (Å²) in [7, 11) is -2.31. The van der Waals surface area contributed by atoms with E-state index in [0.29, 0.717) is 16.6 Å². The normalized spacial score (nSPS) is 11.2. The van der Waals surface area contributed by atoms with Crippen molar-refractivity contribution in [2.24, 2.45) is 0 Å². The van der Waals surface area contributed by atoms with Crippen molar-refractivity contribution in [3.05, 3.63) is 69.2 Å². The van der Waals surface area contributed by atoms with Crippen LogP contribution >= 0.6 is 11.3 Å². The van der Waals surface area contributed by atoms with Gasteiger partial charge in [-0.25, -0.2) is 13.1 Å². The number of hydrogen-bond donors (Lipinski definition) is 2. The zero-order valence-electron chi connectivity index (χ0n) is 16.8. The largest absolute Gasteiger partial charge is 0.496 e. The molecule has 3 aromatic rings. The molecule has 0 atom stereocenters. The Kier molecular flexibility index (Phi) is 7.45. The van der Waals surface area contributed by atoms with Crippen molar-refractivity contribution in [2.45, 2.75) is 17.7 Å². The van der Waals surface area contributed by atoms with Crippen molar-refractivity contribution in [3.63, 3.8) is 0 Å². The smallest absolute Gasteiger partial charge is 0.269 e. The first kappa shape index (κ1) is 23.2. The Hall–Kier alpha value is -3.42. The van der Waals surface area contributed by atoms with E-state index < -0.39 is 20.9 Å². The molecule has 1 amide bonds. The Morgan fingerprint density at radius 1 is 1.16 bits per heavy atom. The number of non-ortho nitro benzene ring substituents is 1. The number of nitro benzene ring substituents is 1. The van der Waals surface area contributed by atoms with E-state index in [2.05, 4.69) is 20.2 Å². The lowest BCUT2D eigenvalue weighted by molar-refractivity contribution is -0.384. The molecule has 0 bridgehead atoms. The third kappa shape index (κ3) is 6.06. The van der Waals surface area contributed by atoms with Crippen LogP contribution in [0, 0.1) is 10.1 Å². The second-order valence-corrected chi connectivity index (χ2v) is 9.27. The molecule has 168 valence electrons. The lowest BCUT2D eigenvalue weighted by Crippen LogP contribution is -2.27. The zero-order chi connectivity index (χ0) is 23.1. The van der Waals surface area contributed by atoms with Crippen molar-refractivity contribution < 1.29 is 22.9 Å². The summed E-state index contributed by atoms with van der Waals surface area (Å²) in [5.41, 5.74) is 0.718. The predicted octanol–water partition coefficient (Wildman–Crippen LogP) is 2.35. The van der Waals surface area contributed by atoms with E-state index in [-0.39, 0.29) is 23.5 Å². The van der Waals surface area contributed by atoms with Gasteiger partial charge in [-0.3, -0.25) is 14.9 Å². The minimum absolute atomic E-state index is 0.131. The molecule has 1 aromatic heterocycles. The van der Waals surface area contributed by atoms with Crippen molar-refractivity contribution in [3.8, 4) is 5.75 Å². The second-order valence-electron chi connectivity index (χ2n) is 6.44. The highest BCUT2D eigenvalue weighted by atomic mass is 32.2. The molecule has 0 aliphatic rings. The molecule has 13 heteroatoms. The Morgan fingerprint density at radius 2 is 1.88 bits per heavy atom. The Labute approximate surface area is 187 Å². The summed E-state index contributed by atoms with van der Waals surface area (Å²) in [6.07, 6.45) is 0.361. The Bertz CT molecular complexity index is 1210. The lowest BCUT2D eigenvalue weighted by Gasteiger charge is -2.06. The Balaban J connectivity index is 1.50. The number of aromatic nitrogens is 2. The molecule has 0 radical (unpaired) electrons. The number of hydrogen-bond acceptors (Lipinski definition) is 9. The van der Waals surface area contributed by atoms with Gasteiger partial charge in [0.1, 0.15) is 10.8 Å². The molecule has 0 unspecified atom stereocenters. The molecule has 2 N–H and O–H groups in total. The zero-order valence-corrected chi connectivity index (χ0v) is 18.5. The summed E-state index contributed by atoms with van der Waals surface area (Å²) in [4.78, 5) is 22.0. The summed E-state index contributed by atoms with van der Waals surface area (Å²) in [6, 6.07) is 12.0. The highest BCUT2D eigenvalue weighted by Crippen LogP contribution is 2.24. The van der Waals surface area contributed by atoms with Gasteiger partial charge in [0.05, 0.1) is 16.9 Å². The van der Waals surface area contributed by atoms with Crippen molar-refractivity contribution in [1.82, 2.24) is 14.9 Å². The first-order chi connectivity index (χ1) is 15.3. The highest BCUT2D eigenvalue weighted by molar-refractivity contribution is 7.89. The van der Waals surface area contributed by atoms with E-state index in [1.54, 1.807) is 7.11 Å². The first-order valence-corrected chi connectivity index (χ1v) is 11.6. The molecule has 3 rings (SSSR count). The van der Waals surface area contributed by atoms with E-state index in [0.717, 1.165) is 35.6 Å². The topological polar surface area (TPSA) is 153 Å². The predicted molar refractivity (Wildman–Crippen MR) is 117 cm³/mol. The van der Waals surface area contributed by atoms with Crippen LogP contribution < -0.4 is 14.8 Å². The number of sulfonamides is 1. The number of para-hydroxylation sites is 1. The van der Waals surface area contributed by atoms with E-state index in [1.165, 1.54) is 11.3 Å². The maximum atomic E-state index is 12.2. The standard InChI is InChI=1S/C19H19N5O6S2/c1-30-16-5-3-2-4-13(16)12-18-22-23-19(31-18)21-17(25)10-11-20-32(28,29)15-8-6-14(7-9-15)24(26)27/h2-9,20H,10-12H2,1H3,(H,21,23,25). The van der Waals surface area contributed by atoms with Crippen LogP contribution in [0.3, 0.4) is 0 Å².